The lowest BCUT2D eigenvalue weighted by molar-refractivity contribution is -0.137. The number of hydrogen-bond acceptors (Lipinski definition) is 4. The van der Waals surface area contributed by atoms with Gasteiger partial charge in [0, 0.05) is 19.1 Å². The van der Waals surface area contributed by atoms with Gasteiger partial charge in [-0.1, -0.05) is 0 Å². The number of aryl methyl sites for hydroxylation is 1. The molecule has 1 rings (SSSR count). The molecule has 0 saturated carbocycles. The summed E-state index contributed by atoms with van der Waals surface area (Å²) >= 11 is 0. The van der Waals surface area contributed by atoms with Crippen LogP contribution in [-0.2, 0) is 6.18 Å². The lowest BCUT2D eigenvalue weighted by Crippen LogP contribution is -2.17. The minimum Gasteiger partial charge on any atom is -0.235 e. The van der Waals surface area contributed by atoms with Crippen LogP contribution in [0.15, 0.2) is 22.5 Å². The van der Waals surface area contributed by atoms with E-state index in [4.69, 9.17) is 0 Å². The Kier molecular flexibility index (Phi) is 3.82. The zero-order valence-corrected chi connectivity index (χ0v) is 9.36. The standard InChI is InChI=1S/C10H11F3N4/c1-4-16-17(14-3)9-8(10(11,12)13)5-7(2)6-15-9/h4-6H,3H2,1-2H3/b16-4-. The van der Waals surface area contributed by atoms with Crippen LogP contribution in [0.2, 0.25) is 0 Å². The van der Waals surface area contributed by atoms with E-state index in [9.17, 15) is 13.2 Å². The normalized spacial score (nSPS) is 11.8. The number of rotatable bonds is 3. The molecule has 0 spiro atoms. The summed E-state index contributed by atoms with van der Waals surface area (Å²) in [6.07, 6.45) is -1.90. The molecule has 0 unspecified atom stereocenters. The average Bonchev–Trinajstić information content (AvgIpc) is 2.25. The van der Waals surface area contributed by atoms with Crippen LogP contribution in [-0.4, -0.2) is 17.9 Å². The quantitative estimate of drug-likeness (QED) is 0.606. The van der Waals surface area contributed by atoms with Crippen molar-refractivity contribution in [3.05, 3.63) is 23.4 Å². The number of nitrogens with zero attached hydrogens (tertiary/aromatic N) is 4. The maximum Gasteiger partial charge on any atom is 0.420 e. The first kappa shape index (κ1) is 13.1. The number of halogens is 3. The zero-order chi connectivity index (χ0) is 13.1. The van der Waals surface area contributed by atoms with Crippen molar-refractivity contribution in [1.82, 2.24) is 4.98 Å². The molecule has 0 amide bonds. The molecule has 7 heteroatoms. The summed E-state index contributed by atoms with van der Waals surface area (Å²) in [5.74, 6) is -0.392. The maximum absolute atomic E-state index is 12.8. The fourth-order valence-corrected chi connectivity index (χ4v) is 1.20. The van der Waals surface area contributed by atoms with Crippen LogP contribution in [0.4, 0.5) is 19.0 Å². The predicted octanol–water partition coefficient (Wildman–Crippen LogP) is 2.84. The molecule has 1 aromatic rings. The average molecular weight is 244 g/mol. The molecule has 17 heavy (non-hydrogen) atoms. The maximum atomic E-state index is 12.8. The first-order chi connectivity index (χ1) is 7.90. The highest BCUT2D eigenvalue weighted by molar-refractivity contribution is 5.58. The van der Waals surface area contributed by atoms with Gasteiger partial charge in [0.25, 0.3) is 0 Å². The summed E-state index contributed by atoms with van der Waals surface area (Å²) in [5.41, 5.74) is -0.485. The molecule has 92 valence electrons. The first-order valence-electron chi connectivity index (χ1n) is 4.69. The second kappa shape index (κ2) is 4.94. The van der Waals surface area contributed by atoms with Gasteiger partial charge in [-0.05, 0) is 25.5 Å². The van der Waals surface area contributed by atoms with E-state index in [1.165, 1.54) is 19.3 Å². The van der Waals surface area contributed by atoms with Crippen LogP contribution >= 0.6 is 0 Å². The van der Waals surface area contributed by atoms with Crippen LogP contribution in [0.25, 0.3) is 0 Å². The highest BCUT2D eigenvalue weighted by Gasteiger charge is 2.36. The van der Waals surface area contributed by atoms with Crippen molar-refractivity contribution in [2.75, 3.05) is 5.12 Å². The van der Waals surface area contributed by atoms with Crippen molar-refractivity contribution in [3.63, 3.8) is 0 Å². The molecule has 0 radical (unpaired) electrons. The van der Waals surface area contributed by atoms with Gasteiger partial charge < -0.3 is 0 Å². The summed E-state index contributed by atoms with van der Waals surface area (Å²) in [6.45, 7) is 6.24. The van der Waals surface area contributed by atoms with Gasteiger partial charge in [-0.25, -0.2) is 4.98 Å². The Morgan fingerprint density at radius 2 is 2.12 bits per heavy atom. The first-order valence-corrected chi connectivity index (χ1v) is 4.69. The Labute approximate surface area is 96.5 Å². The monoisotopic (exact) mass is 244 g/mol. The van der Waals surface area contributed by atoms with Gasteiger partial charge >= 0.3 is 6.18 Å². The number of hydrazone groups is 2. The molecule has 0 fully saturated rings. The van der Waals surface area contributed by atoms with Crippen LogP contribution in [0.5, 0.6) is 0 Å². The van der Waals surface area contributed by atoms with Gasteiger partial charge in [0.1, 0.15) is 5.56 Å². The van der Waals surface area contributed by atoms with Crippen LogP contribution in [0, 0.1) is 6.92 Å². The second-order valence-corrected chi connectivity index (χ2v) is 3.19. The molecule has 4 nitrogen and oxygen atoms in total. The lowest BCUT2D eigenvalue weighted by Gasteiger charge is -2.17. The number of aromatic nitrogens is 1. The number of alkyl halides is 3. The molecule has 0 aromatic carbocycles. The smallest absolute Gasteiger partial charge is 0.235 e. The Morgan fingerprint density at radius 1 is 1.47 bits per heavy atom. The van der Waals surface area contributed by atoms with E-state index in [0.717, 1.165) is 11.2 Å². The van der Waals surface area contributed by atoms with E-state index < -0.39 is 17.6 Å². The van der Waals surface area contributed by atoms with Gasteiger partial charge in [-0.2, -0.15) is 23.4 Å². The fourth-order valence-electron chi connectivity index (χ4n) is 1.20. The van der Waals surface area contributed by atoms with Crippen molar-refractivity contribution in [2.45, 2.75) is 20.0 Å². The zero-order valence-electron chi connectivity index (χ0n) is 9.36. The van der Waals surface area contributed by atoms with E-state index in [1.807, 2.05) is 0 Å². The van der Waals surface area contributed by atoms with E-state index in [-0.39, 0.29) is 0 Å². The van der Waals surface area contributed by atoms with Gasteiger partial charge in [0.05, 0.1) is 0 Å². The molecule has 0 N–H and O–H groups in total. The Bertz CT molecular complexity index is 440. The third kappa shape index (κ3) is 3.02. The second-order valence-electron chi connectivity index (χ2n) is 3.19. The topological polar surface area (TPSA) is 40.9 Å². The van der Waals surface area contributed by atoms with Crippen molar-refractivity contribution < 1.29 is 13.2 Å². The van der Waals surface area contributed by atoms with Crippen molar-refractivity contribution in [1.29, 1.82) is 0 Å². The SMILES string of the molecule is C=NN(/N=C\C)c1ncc(C)cc1C(F)(F)F. The molecule has 0 aliphatic rings. The summed E-state index contributed by atoms with van der Waals surface area (Å²) < 4.78 is 38.4. The van der Waals surface area contributed by atoms with Gasteiger partial charge in [-0.15, -0.1) is 5.12 Å². The van der Waals surface area contributed by atoms with E-state index in [1.54, 1.807) is 6.92 Å². The molecule has 1 aromatic heterocycles. The third-order valence-corrected chi connectivity index (χ3v) is 1.86. The molecule has 0 bridgehead atoms. The number of anilines is 1. The molecule has 1 heterocycles. The van der Waals surface area contributed by atoms with E-state index in [0.29, 0.717) is 5.56 Å². The Hall–Kier alpha value is -1.92. The number of hydrogen-bond donors (Lipinski definition) is 0. The van der Waals surface area contributed by atoms with Crippen molar-refractivity contribution >= 4 is 18.7 Å². The van der Waals surface area contributed by atoms with Crippen molar-refractivity contribution in [2.24, 2.45) is 10.2 Å². The Morgan fingerprint density at radius 3 is 2.59 bits per heavy atom. The molecule has 0 aliphatic heterocycles. The summed E-state index contributed by atoms with van der Waals surface area (Å²) in [7, 11) is 0. The highest BCUT2D eigenvalue weighted by Crippen LogP contribution is 2.35. The van der Waals surface area contributed by atoms with E-state index in [2.05, 4.69) is 21.9 Å². The van der Waals surface area contributed by atoms with E-state index >= 15 is 0 Å². The van der Waals surface area contributed by atoms with Gasteiger partial charge in [0.2, 0.25) is 0 Å². The predicted molar refractivity (Wildman–Crippen MR) is 60.2 cm³/mol. The van der Waals surface area contributed by atoms with Gasteiger partial charge in [-0.3, -0.25) is 0 Å². The molecule has 0 aliphatic carbocycles. The molecule has 0 atom stereocenters. The number of pyridine rings is 1. The summed E-state index contributed by atoms with van der Waals surface area (Å²) in [6, 6.07) is 0.992. The summed E-state index contributed by atoms with van der Waals surface area (Å²) in [4.78, 5) is 3.69. The molecular weight excluding hydrogens is 233 g/mol. The fraction of sp³-hybridized carbons (Fsp3) is 0.300. The summed E-state index contributed by atoms with van der Waals surface area (Å²) in [5, 5.41) is 7.75. The van der Waals surface area contributed by atoms with Gasteiger partial charge in [0.15, 0.2) is 5.82 Å². The van der Waals surface area contributed by atoms with Crippen LogP contribution in [0.3, 0.4) is 0 Å². The Balaban J connectivity index is 3.37. The molecule has 0 saturated heterocycles. The third-order valence-electron chi connectivity index (χ3n) is 1.86. The lowest BCUT2D eigenvalue weighted by atomic mass is 10.2. The largest absolute Gasteiger partial charge is 0.420 e. The molecular formula is C10H11F3N4. The highest BCUT2D eigenvalue weighted by atomic mass is 19.4. The minimum atomic E-state index is -4.51. The minimum absolute atomic E-state index is 0.392. The van der Waals surface area contributed by atoms with Crippen molar-refractivity contribution in [3.8, 4) is 0 Å². The van der Waals surface area contributed by atoms with Crippen LogP contribution < -0.4 is 5.12 Å². The van der Waals surface area contributed by atoms with Crippen LogP contribution in [0.1, 0.15) is 18.1 Å².